The first-order valence-electron chi connectivity index (χ1n) is 5.84. The molecule has 0 aliphatic carbocycles. The van der Waals surface area contributed by atoms with E-state index in [0.29, 0.717) is 11.3 Å². The van der Waals surface area contributed by atoms with Crippen LogP contribution in [0.1, 0.15) is 30.0 Å². The first kappa shape index (κ1) is 14.2. The van der Waals surface area contributed by atoms with Gasteiger partial charge in [-0.1, -0.05) is 24.6 Å². The van der Waals surface area contributed by atoms with Gasteiger partial charge in [0.25, 0.3) is 0 Å². The van der Waals surface area contributed by atoms with E-state index in [0.717, 1.165) is 16.7 Å². The number of aryl methyl sites for hydroxylation is 3. The number of hydrogen-bond donors (Lipinski definition) is 1. The van der Waals surface area contributed by atoms with Crippen LogP contribution in [0.3, 0.4) is 0 Å². The zero-order valence-corrected chi connectivity index (χ0v) is 11.8. The molecule has 4 heteroatoms. The lowest BCUT2D eigenvalue weighted by atomic mass is 10.1. The fourth-order valence-electron chi connectivity index (χ4n) is 2.14. The minimum Gasteiger partial charge on any atom is -0.327 e. The van der Waals surface area contributed by atoms with Crippen molar-refractivity contribution in [3.63, 3.8) is 0 Å². The Morgan fingerprint density at radius 3 is 2.06 bits per heavy atom. The van der Waals surface area contributed by atoms with Crippen molar-refractivity contribution in [2.75, 3.05) is 5.75 Å². The summed E-state index contributed by atoms with van der Waals surface area (Å²) in [6, 6.07) is 3.51. The molecule has 0 bridgehead atoms. The van der Waals surface area contributed by atoms with Crippen LogP contribution in [-0.2, 0) is 9.84 Å². The fourth-order valence-corrected chi connectivity index (χ4v) is 4.21. The largest absolute Gasteiger partial charge is 0.327 e. The minimum absolute atomic E-state index is 0.0221. The van der Waals surface area contributed by atoms with Gasteiger partial charge in [-0.15, -0.1) is 0 Å². The summed E-state index contributed by atoms with van der Waals surface area (Å²) in [6.45, 7) is 7.54. The Morgan fingerprint density at radius 1 is 1.18 bits per heavy atom. The molecule has 0 fully saturated rings. The maximum atomic E-state index is 12.3. The summed E-state index contributed by atoms with van der Waals surface area (Å²) in [5, 5.41) is 0. The first-order chi connectivity index (χ1) is 7.77. The van der Waals surface area contributed by atoms with E-state index >= 15 is 0 Å². The smallest absolute Gasteiger partial charge is 0.180 e. The molecular formula is C13H21NO2S. The molecule has 1 aromatic carbocycles. The topological polar surface area (TPSA) is 60.2 Å². The number of hydrogen-bond acceptors (Lipinski definition) is 3. The number of sulfone groups is 1. The van der Waals surface area contributed by atoms with Crippen LogP contribution in [0.4, 0.5) is 0 Å². The molecule has 2 N–H and O–H groups in total. The molecule has 0 aliphatic heterocycles. The maximum Gasteiger partial charge on any atom is 0.180 e. The van der Waals surface area contributed by atoms with Crippen LogP contribution >= 0.6 is 0 Å². The van der Waals surface area contributed by atoms with Crippen molar-refractivity contribution >= 4 is 9.84 Å². The molecule has 1 atom stereocenters. The highest BCUT2D eigenvalue weighted by atomic mass is 32.2. The highest BCUT2D eigenvalue weighted by Gasteiger charge is 2.22. The van der Waals surface area contributed by atoms with Crippen LogP contribution < -0.4 is 5.73 Å². The molecular weight excluding hydrogens is 234 g/mol. The Kier molecular flexibility index (Phi) is 4.33. The van der Waals surface area contributed by atoms with E-state index in [1.807, 2.05) is 39.8 Å². The molecule has 1 rings (SSSR count). The van der Waals surface area contributed by atoms with Crippen LogP contribution in [0.5, 0.6) is 0 Å². The van der Waals surface area contributed by atoms with Gasteiger partial charge in [0.1, 0.15) is 0 Å². The lowest BCUT2D eigenvalue weighted by molar-refractivity contribution is 0.582. The first-order valence-corrected chi connectivity index (χ1v) is 7.49. The third kappa shape index (κ3) is 3.30. The van der Waals surface area contributed by atoms with Crippen molar-refractivity contribution in [3.05, 3.63) is 28.8 Å². The van der Waals surface area contributed by atoms with Crippen LogP contribution in [0.25, 0.3) is 0 Å². The average molecular weight is 255 g/mol. The van der Waals surface area contributed by atoms with Gasteiger partial charge in [-0.3, -0.25) is 0 Å². The molecule has 3 nitrogen and oxygen atoms in total. The third-order valence-electron chi connectivity index (χ3n) is 2.87. The zero-order chi connectivity index (χ0) is 13.2. The van der Waals surface area contributed by atoms with Crippen molar-refractivity contribution in [2.24, 2.45) is 5.73 Å². The Labute approximate surface area is 104 Å². The minimum atomic E-state index is -3.27. The number of benzene rings is 1. The van der Waals surface area contributed by atoms with Crippen LogP contribution in [0.2, 0.25) is 0 Å². The van der Waals surface area contributed by atoms with Gasteiger partial charge in [0, 0.05) is 6.04 Å². The molecule has 0 spiro atoms. The van der Waals surface area contributed by atoms with Crippen LogP contribution in [0.15, 0.2) is 17.0 Å². The number of nitrogens with two attached hydrogens (primary N) is 1. The predicted octanol–water partition coefficient (Wildman–Crippen LogP) is 2.12. The molecule has 1 unspecified atom stereocenters. The van der Waals surface area contributed by atoms with E-state index in [9.17, 15) is 8.42 Å². The van der Waals surface area contributed by atoms with E-state index in [4.69, 9.17) is 5.73 Å². The lowest BCUT2D eigenvalue weighted by Gasteiger charge is -2.14. The standard InChI is InChI=1S/C13H21NO2S/c1-5-12(14)8-17(15,16)13-10(3)6-9(2)7-11(13)4/h6-7,12H,5,8,14H2,1-4H3. The normalized spacial score (nSPS) is 13.7. The molecule has 0 amide bonds. The Morgan fingerprint density at radius 2 is 1.65 bits per heavy atom. The van der Waals surface area contributed by atoms with Crippen molar-refractivity contribution in [1.82, 2.24) is 0 Å². The van der Waals surface area contributed by atoms with Gasteiger partial charge in [0.2, 0.25) is 0 Å². The Hall–Kier alpha value is -0.870. The van der Waals surface area contributed by atoms with Gasteiger partial charge in [-0.05, 0) is 38.3 Å². The van der Waals surface area contributed by atoms with Gasteiger partial charge in [-0.25, -0.2) is 8.42 Å². The molecule has 0 aromatic heterocycles. The summed E-state index contributed by atoms with van der Waals surface area (Å²) >= 11 is 0. The fraction of sp³-hybridized carbons (Fsp3) is 0.538. The van der Waals surface area contributed by atoms with Crippen molar-refractivity contribution < 1.29 is 8.42 Å². The average Bonchev–Trinajstić information content (AvgIpc) is 2.14. The van der Waals surface area contributed by atoms with E-state index < -0.39 is 9.84 Å². The predicted molar refractivity (Wildman–Crippen MR) is 71.0 cm³/mol. The Balaban J connectivity index is 3.25. The maximum absolute atomic E-state index is 12.3. The van der Waals surface area contributed by atoms with Crippen molar-refractivity contribution in [2.45, 2.75) is 45.1 Å². The lowest BCUT2D eigenvalue weighted by Crippen LogP contribution is -2.29. The van der Waals surface area contributed by atoms with Gasteiger partial charge >= 0.3 is 0 Å². The summed E-state index contributed by atoms with van der Waals surface area (Å²) in [4.78, 5) is 0.451. The van der Waals surface area contributed by atoms with Gasteiger partial charge in [0.05, 0.1) is 10.6 Å². The second-order valence-corrected chi connectivity index (χ2v) is 6.65. The summed E-state index contributed by atoms with van der Waals surface area (Å²) in [5.41, 5.74) is 8.45. The molecule has 0 radical (unpaired) electrons. The second-order valence-electron chi connectivity index (χ2n) is 4.68. The highest BCUT2D eigenvalue weighted by molar-refractivity contribution is 7.91. The van der Waals surface area contributed by atoms with E-state index in [2.05, 4.69) is 0 Å². The van der Waals surface area contributed by atoms with Gasteiger partial charge in [-0.2, -0.15) is 0 Å². The highest BCUT2D eigenvalue weighted by Crippen LogP contribution is 2.23. The van der Waals surface area contributed by atoms with Crippen molar-refractivity contribution in [3.8, 4) is 0 Å². The number of rotatable bonds is 4. The second kappa shape index (κ2) is 5.19. The summed E-state index contributed by atoms with van der Waals surface area (Å²) in [5.74, 6) is 0.0221. The van der Waals surface area contributed by atoms with Crippen LogP contribution in [0, 0.1) is 20.8 Å². The zero-order valence-electron chi connectivity index (χ0n) is 10.9. The molecule has 0 saturated carbocycles. The molecule has 0 heterocycles. The van der Waals surface area contributed by atoms with Crippen LogP contribution in [-0.4, -0.2) is 20.2 Å². The molecule has 96 valence electrons. The molecule has 0 aliphatic rings. The van der Waals surface area contributed by atoms with E-state index in [1.165, 1.54) is 0 Å². The summed E-state index contributed by atoms with van der Waals surface area (Å²) in [7, 11) is -3.27. The third-order valence-corrected chi connectivity index (χ3v) is 5.01. The summed E-state index contributed by atoms with van der Waals surface area (Å²) < 4.78 is 24.5. The monoisotopic (exact) mass is 255 g/mol. The molecule has 0 saturated heterocycles. The quantitative estimate of drug-likeness (QED) is 0.896. The van der Waals surface area contributed by atoms with E-state index in [-0.39, 0.29) is 11.8 Å². The Bertz CT molecular complexity index is 483. The van der Waals surface area contributed by atoms with Gasteiger partial charge in [0.15, 0.2) is 9.84 Å². The van der Waals surface area contributed by atoms with E-state index in [1.54, 1.807) is 0 Å². The summed E-state index contributed by atoms with van der Waals surface area (Å²) in [6.07, 6.45) is 0.670. The van der Waals surface area contributed by atoms with Crippen molar-refractivity contribution in [1.29, 1.82) is 0 Å². The van der Waals surface area contributed by atoms with Gasteiger partial charge < -0.3 is 5.73 Å². The SMILES string of the molecule is CCC(N)CS(=O)(=O)c1c(C)cc(C)cc1C. The molecule has 17 heavy (non-hydrogen) atoms. The molecule has 1 aromatic rings.